The number of carbonyl (C=O) groups excluding carboxylic acids is 2. The number of rotatable bonds is 5. The molecule has 11 heteroatoms. The molecule has 2 aliphatic rings. The first-order valence-corrected chi connectivity index (χ1v) is 13.5. The fraction of sp³-hybridized carbons (Fsp3) is 0.536. The Morgan fingerprint density at radius 2 is 1.79 bits per heavy atom. The topological polar surface area (TPSA) is 135 Å². The molecule has 2 aromatic rings. The third-order valence-electron chi connectivity index (χ3n) is 7.00. The molecule has 1 saturated carbocycles. The van der Waals surface area contributed by atoms with Crippen LogP contribution in [0.1, 0.15) is 75.3 Å². The van der Waals surface area contributed by atoms with Crippen molar-refractivity contribution in [2.45, 2.75) is 71.9 Å². The minimum Gasteiger partial charge on any atom is -0.444 e. The van der Waals surface area contributed by atoms with E-state index in [0.717, 1.165) is 31.4 Å². The number of anilines is 2. The Hall–Kier alpha value is -3.89. The first kappa shape index (κ1) is 28.1. The Morgan fingerprint density at radius 3 is 2.36 bits per heavy atom. The van der Waals surface area contributed by atoms with Crippen LogP contribution in [-0.2, 0) is 4.74 Å². The van der Waals surface area contributed by atoms with E-state index in [4.69, 9.17) is 10.5 Å². The highest BCUT2D eigenvalue weighted by Crippen LogP contribution is 2.32. The number of aryl methyl sites for hydroxylation is 1. The van der Waals surface area contributed by atoms with E-state index in [1.54, 1.807) is 28.7 Å². The van der Waals surface area contributed by atoms with Crippen LogP contribution in [0, 0.1) is 6.92 Å². The quantitative estimate of drug-likeness (QED) is 0.332. The normalized spacial score (nSPS) is 16.9. The van der Waals surface area contributed by atoms with Gasteiger partial charge in [-0.15, -0.1) is 0 Å². The summed E-state index contributed by atoms with van der Waals surface area (Å²) in [5, 5.41) is 3.00. The molecule has 1 aliphatic heterocycles. The van der Waals surface area contributed by atoms with Crippen LogP contribution in [0.4, 0.5) is 22.1 Å². The monoisotopic (exact) mass is 537 g/mol. The van der Waals surface area contributed by atoms with Crippen LogP contribution >= 0.6 is 0 Å². The largest absolute Gasteiger partial charge is 0.444 e. The van der Waals surface area contributed by atoms with E-state index in [1.807, 2.05) is 32.9 Å². The fourth-order valence-electron chi connectivity index (χ4n) is 5.16. The highest BCUT2D eigenvalue weighted by molar-refractivity contribution is 5.96. The van der Waals surface area contributed by atoms with Gasteiger partial charge in [0.2, 0.25) is 5.96 Å². The van der Waals surface area contributed by atoms with Gasteiger partial charge in [-0.2, -0.15) is 4.99 Å². The van der Waals surface area contributed by atoms with Crippen molar-refractivity contribution in [3.05, 3.63) is 45.9 Å². The average Bonchev–Trinajstić information content (AvgIpc) is 3.37. The summed E-state index contributed by atoms with van der Waals surface area (Å²) in [7, 11) is 0. The lowest BCUT2D eigenvalue weighted by molar-refractivity contribution is 0.0240. The maximum absolute atomic E-state index is 13.3. The number of hydrogen-bond donors (Lipinski definition) is 2. The van der Waals surface area contributed by atoms with E-state index in [0.29, 0.717) is 43.4 Å². The summed E-state index contributed by atoms with van der Waals surface area (Å²) in [5.74, 6) is 0.793. The van der Waals surface area contributed by atoms with Gasteiger partial charge < -0.3 is 25.6 Å². The number of nitrogens with two attached hydrogens (primary N) is 1. The summed E-state index contributed by atoms with van der Waals surface area (Å²) in [6, 6.07) is 5.49. The van der Waals surface area contributed by atoms with E-state index < -0.39 is 5.60 Å². The van der Waals surface area contributed by atoms with Gasteiger partial charge in [0.1, 0.15) is 17.2 Å². The molecule has 0 aromatic carbocycles. The van der Waals surface area contributed by atoms with Gasteiger partial charge in [0, 0.05) is 32.2 Å². The van der Waals surface area contributed by atoms with Crippen LogP contribution in [0.25, 0.3) is 0 Å². The Kier molecular flexibility index (Phi) is 8.27. The Bertz CT molecular complexity index is 1300. The molecule has 39 heavy (non-hydrogen) atoms. The molecule has 1 saturated heterocycles. The van der Waals surface area contributed by atoms with Gasteiger partial charge >= 0.3 is 6.09 Å². The first-order chi connectivity index (χ1) is 18.4. The molecule has 11 nitrogen and oxygen atoms in total. The molecular formula is C28H39N7O4. The van der Waals surface area contributed by atoms with Gasteiger partial charge in [0.05, 0.1) is 17.4 Å². The third-order valence-corrected chi connectivity index (χ3v) is 7.00. The smallest absolute Gasteiger partial charge is 0.410 e. The third kappa shape index (κ3) is 6.76. The van der Waals surface area contributed by atoms with Crippen molar-refractivity contribution in [1.29, 1.82) is 0 Å². The Morgan fingerprint density at radius 1 is 1.13 bits per heavy atom. The van der Waals surface area contributed by atoms with Crippen molar-refractivity contribution >= 4 is 35.2 Å². The second kappa shape index (κ2) is 11.5. The summed E-state index contributed by atoms with van der Waals surface area (Å²) >= 11 is 0. The lowest BCUT2D eigenvalue weighted by Gasteiger charge is -2.36. The molecule has 1 aliphatic carbocycles. The number of aliphatic imine (C=N–C) groups is 1. The molecule has 0 spiro atoms. The van der Waals surface area contributed by atoms with E-state index in [9.17, 15) is 14.4 Å². The number of Topliss-reactive ketones (excluding diaryl/α,β-unsaturated/α-hetero) is 1. The molecule has 4 rings (SSSR count). The zero-order chi connectivity index (χ0) is 28.3. The van der Waals surface area contributed by atoms with Gasteiger partial charge in [-0.3, -0.25) is 14.2 Å². The van der Waals surface area contributed by atoms with Crippen molar-refractivity contribution in [2.24, 2.45) is 10.7 Å². The van der Waals surface area contributed by atoms with E-state index in [-0.39, 0.29) is 35.0 Å². The van der Waals surface area contributed by atoms with Crippen molar-refractivity contribution in [1.82, 2.24) is 14.5 Å². The zero-order valence-electron chi connectivity index (χ0n) is 23.5. The van der Waals surface area contributed by atoms with Gasteiger partial charge in [-0.25, -0.2) is 9.78 Å². The number of guanidine groups is 1. The molecule has 1 amide bonds. The number of pyridine rings is 2. The molecular weight excluding hydrogens is 498 g/mol. The Labute approximate surface area is 229 Å². The van der Waals surface area contributed by atoms with Crippen molar-refractivity contribution in [3.8, 4) is 0 Å². The number of nitrogens with zero attached hydrogens (tertiary/aromatic N) is 5. The standard InChI is InChI=1S/C28H39N7O4/c1-18-16-23(35(20-8-6-7-9-20)25(37)24(18)19(2)36)32-26(29)31-22-11-10-21(17-30-22)33-12-14-34(15-13-33)27(38)39-28(3,4)5/h10-11,16-17,20H,6-9,12-15H2,1-5H3,(H3,29,30,31,32). The molecule has 210 valence electrons. The molecule has 0 atom stereocenters. The highest BCUT2D eigenvalue weighted by atomic mass is 16.6. The van der Waals surface area contributed by atoms with Crippen molar-refractivity contribution in [3.63, 3.8) is 0 Å². The predicted molar refractivity (Wildman–Crippen MR) is 152 cm³/mol. The number of amides is 1. The Balaban J connectivity index is 1.45. The number of ether oxygens (including phenoxy) is 1. The minimum absolute atomic E-state index is 0.00376. The molecule has 0 bridgehead atoms. The maximum Gasteiger partial charge on any atom is 0.410 e. The van der Waals surface area contributed by atoms with Crippen LogP contribution in [-0.4, -0.2) is 64.1 Å². The van der Waals surface area contributed by atoms with Crippen molar-refractivity contribution in [2.75, 3.05) is 36.4 Å². The van der Waals surface area contributed by atoms with Crippen LogP contribution in [0.5, 0.6) is 0 Å². The molecule has 2 aromatic heterocycles. The van der Waals surface area contributed by atoms with Gasteiger partial charge in [0.25, 0.3) is 5.56 Å². The van der Waals surface area contributed by atoms with E-state index in [1.165, 1.54) is 6.92 Å². The summed E-state index contributed by atoms with van der Waals surface area (Å²) in [6.07, 6.45) is 5.25. The minimum atomic E-state index is -0.517. The van der Waals surface area contributed by atoms with E-state index >= 15 is 0 Å². The van der Waals surface area contributed by atoms with Crippen LogP contribution in [0.15, 0.2) is 34.2 Å². The van der Waals surface area contributed by atoms with Gasteiger partial charge in [0.15, 0.2) is 5.78 Å². The number of piperazine rings is 1. The number of aromatic nitrogens is 2. The average molecular weight is 538 g/mol. The van der Waals surface area contributed by atoms with Crippen LogP contribution < -0.4 is 21.5 Å². The predicted octanol–water partition coefficient (Wildman–Crippen LogP) is 3.98. The summed E-state index contributed by atoms with van der Waals surface area (Å²) in [4.78, 5) is 50.6. The number of ketones is 1. The van der Waals surface area contributed by atoms with Crippen molar-refractivity contribution < 1.29 is 14.3 Å². The van der Waals surface area contributed by atoms with Gasteiger partial charge in [-0.1, -0.05) is 12.8 Å². The number of nitrogens with one attached hydrogen (secondary N) is 1. The van der Waals surface area contributed by atoms with Gasteiger partial charge in [-0.05, 0) is 71.2 Å². The van der Waals surface area contributed by atoms with Crippen LogP contribution in [0.2, 0.25) is 0 Å². The maximum atomic E-state index is 13.3. The molecule has 3 heterocycles. The molecule has 3 N–H and O–H groups in total. The molecule has 0 radical (unpaired) electrons. The fourth-order valence-corrected chi connectivity index (χ4v) is 5.16. The summed E-state index contributed by atoms with van der Waals surface area (Å²) < 4.78 is 7.09. The van der Waals surface area contributed by atoms with E-state index in [2.05, 4.69) is 20.2 Å². The first-order valence-electron chi connectivity index (χ1n) is 13.5. The van der Waals surface area contributed by atoms with Crippen LogP contribution in [0.3, 0.4) is 0 Å². The molecule has 0 unspecified atom stereocenters. The second-order valence-corrected chi connectivity index (χ2v) is 11.2. The second-order valence-electron chi connectivity index (χ2n) is 11.2. The zero-order valence-corrected chi connectivity index (χ0v) is 23.5. The SMILES string of the molecule is CC(=O)c1c(C)cc(/N=C(\N)Nc2ccc(N3CCN(C(=O)OC(C)(C)C)CC3)cn2)n(C2CCCC2)c1=O. The highest BCUT2D eigenvalue weighted by Gasteiger charge is 2.27. The molecule has 2 fully saturated rings. The lowest BCUT2D eigenvalue weighted by Crippen LogP contribution is -2.50. The summed E-state index contributed by atoms with van der Waals surface area (Å²) in [6.45, 7) is 11.2. The summed E-state index contributed by atoms with van der Waals surface area (Å²) in [5.41, 5.74) is 7.13. The number of carbonyl (C=O) groups is 2. The number of hydrogen-bond acceptors (Lipinski definition) is 7. The lowest BCUT2D eigenvalue weighted by atomic mass is 10.1.